The molecule has 4 aromatic rings. The molecule has 2 aromatic heterocycles. The van der Waals surface area contributed by atoms with Crippen LogP contribution in [0.5, 0.6) is 0 Å². The van der Waals surface area contributed by atoms with Crippen molar-refractivity contribution in [3.8, 4) is 22.6 Å². The molecule has 5 nitrogen and oxygen atoms in total. The van der Waals surface area contributed by atoms with E-state index in [1.807, 2.05) is 48.7 Å². The van der Waals surface area contributed by atoms with Gasteiger partial charge in [-0.15, -0.1) is 0 Å². The number of piperazine rings is 1. The van der Waals surface area contributed by atoms with Crippen LogP contribution in [0, 0.1) is 0 Å². The van der Waals surface area contributed by atoms with Crippen LogP contribution in [-0.2, 0) is 0 Å². The molecule has 1 aliphatic heterocycles. The van der Waals surface area contributed by atoms with Crippen LogP contribution in [0.2, 0.25) is 5.02 Å². The maximum Gasteiger partial charge on any atom is 0.163 e. The Balaban J connectivity index is 1.33. The first-order valence-electron chi connectivity index (χ1n) is 11.5. The average molecular weight is 468 g/mol. The second-order valence-electron chi connectivity index (χ2n) is 8.28. The van der Waals surface area contributed by atoms with Gasteiger partial charge in [-0.2, -0.15) is 0 Å². The Kier molecular flexibility index (Phi) is 6.94. The molecule has 6 heteroatoms. The van der Waals surface area contributed by atoms with Gasteiger partial charge >= 0.3 is 0 Å². The minimum absolute atomic E-state index is 0.684. The molecular formula is C28H26ClN5. The third kappa shape index (κ3) is 5.50. The van der Waals surface area contributed by atoms with E-state index >= 15 is 0 Å². The van der Waals surface area contributed by atoms with E-state index in [9.17, 15) is 0 Å². The van der Waals surface area contributed by atoms with Crippen LogP contribution in [0.1, 0.15) is 5.56 Å². The number of aromatic nitrogens is 3. The highest BCUT2D eigenvalue weighted by atomic mass is 35.5. The van der Waals surface area contributed by atoms with Gasteiger partial charge in [0.1, 0.15) is 5.82 Å². The van der Waals surface area contributed by atoms with Crippen molar-refractivity contribution in [3.05, 3.63) is 102 Å². The van der Waals surface area contributed by atoms with Crippen LogP contribution in [0.25, 0.3) is 28.7 Å². The van der Waals surface area contributed by atoms with Crippen molar-refractivity contribution in [2.24, 2.45) is 0 Å². The summed E-state index contributed by atoms with van der Waals surface area (Å²) >= 11 is 6.11. The second kappa shape index (κ2) is 10.6. The molecule has 2 aromatic carbocycles. The van der Waals surface area contributed by atoms with Crippen LogP contribution < -0.4 is 4.90 Å². The molecule has 0 N–H and O–H groups in total. The fourth-order valence-corrected chi connectivity index (χ4v) is 4.18. The van der Waals surface area contributed by atoms with Gasteiger partial charge in [0.15, 0.2) is 5.82 Å². The Morgan fingerprint density at radius 2 is 1.62 bits per heavy atom. The van der Waals surface area contributed by atoms with Crippen molar-refractivity contribution >= 4 is 23.5 Å². The van der Waals surface area contributed by atoms with E-state index < -0.39 is 0 Å². The maximum atomic E-state index is 6.11. The maximum absolute atomic E-state index is 6.11. The summed E-state index contributed by atoms with van der Waals surface area (Å²) in [5.74, 6) is 1.63. The lowest BCUT2D eigenvalue weighted by Gasteiger charge is -2.35. The monoisotopic (exact) mass is 467 g/mol. The van der Waals surface area contributed by atoms with Crippen molar-refractivity contribution < 1.29 is 0 Å². The lowest BCUT2D eigenvalue weighted by atomic mass is 10.1. The molecule has 0 atom stereocenters. The molecule has 5 rings (SSSR count). The molecule has 0 aliphatic carbocycles. The van der Waals surface area contributed by atoms with Crippen molar-refractivity contribution in [1.82, 2.24) is 19.9 Å². The predicted octanol–water partition coefficient (Wildman–Crippen LogP) is 5.69. The fourth-order valence-electron chi connectivity index (χ4n) is 4.05. The Bertz CT molecular complexity index is 1240. The van der Waals surface area contributed by atoms with Crippen LogP contribution in [0.4, 0.5) is 5.82 Å². The van der Waals surface area contributed by atoms with Crippen molar-refractivity contribution in [3.63, 3.8) is 0 Å². The normalized spacial score (nSPS) is 14.6. The summed E-state index contributed by atoms with van der Waals surface area (Å²) in [5, 5.41) is 0.711. The molecule has 0 radical (unpaired) electrons. The van der Waals surface area contributed by atoms with Crippen molar-refractivity contribution in [2.45, 2.75) is 0 Å². The highest BCUT2D eigenvalue weighted by molar-refractivity contribution is 6.30. The zero-order valence-corrected chi connectivity index (χ0v) is 19.6. The Morgan fingerprint density at radius 3 is 2.35 bits per heavy atom. The summed E-state index contributed by atoms with van der Waals surface area (Å²) in [7, 11) is 0. The Morgan fingerprint density at radius 1 is 0.824 bits per heavy atom. The first kappa shape index (κ1) is 22.3. The molecule has 3 heterocycles. The van der Waals surface area contributed by atoms with Gasteiger partial charge in [0.2, 0.25) is 0 Å². The van der Waals surface area contributed by atoms with E-state index in [0.29, 0.717) is 10.8 Å². The van der Waals surface area contributed by atoms with E-state index in [1.54, 1.807) is 6.20 Å². The number of hydrogen-bond acceptors (Lipinski definition) is 5. The first-order valence-corrected chi connectivity index (χ1v) is 11.9. The summed E-state index contributed by atoms with van der Waals surface area (Å²) in [5.41, 5.74) is 4.04. The average Bonchev–Trinajstić information content (AvgIpc) is 2.90. The minimum atomic E-state index is 0.684. The summed E-state index contributed by atoms with van der Waals surface area (Å²) in [6.45, 7) is 4.76. The number of nitrogens with zero attached hydrogens (tertiary/aromatic N) is 5. The van der Waals surface area contributed by atoms with Crippen molar-refractivity contribution in [2.75, 3.05) is 37.6 Å². The van der Waals surface area contributed by atoms with E-state index in [0.717, 1.165) is 55.4 Å². The quantitative estimate of drug-likeness (QED) is 0.364. The molecule has 1 fully saturated rings. The molecule has 1 saturated heterocycles. The second-order valence-corrected chi connectivity index (χ2v) is 8.72. The van der Waals surface area contributed by atoms with Gasteiger partial charge in [-0.3, -0.25) is 9.88 Å². The molecule has 170 valence electrons. The third-order valence-electron chi connectivity index (χ3n) is 5.94. The van der Waals surface area contributed by atoms with E-state index in [1.165, 1.54) is 5.56 Å². The smallest absolute Gasteiger partial charge is 0.163 e. The molecule has 1 aliphatic rings. The highest BCUT2D eigenvalue weighted by Crippen LogP contribution is 2.27. The van der Waals surface area contributed by atoms with Gasteiger partial charge < -0.3 is 4.90 Å². The standard InChI is InChI=1S/C28H26ClN5/c29-25-12-10-23(11-13-25)26-20-27(32-28(31-26)24-9-4-14-30-21-24)34-18-16-33(17-19-34)15-5-8-22-6-2-1-3-7-22/h1-14,20-21H,15-19H2/b8-5+. The van der Waals surface area contributed by atoms with E-state index in [-0.39, 0.29) is 0 Å². The van der Waals surface area contributed by atoms with Gasteiger partial charge in [0.05, 0.1) is 5.69 Å². The topological polar surface area (TPSA) is 45.2 Å². The van der Waals surface area contributed by atoms with Gasteiger partial charge in [0, 0.05) is 67.3 Å². The van der Waals surface area contributed by atoms with E-state index in [2.05, 4.69) is 57.3 Å². The molecule has 34 heavy (non-hydrogen) atoms. The highest BCUT2D eigenvalue weighted by Gasteiger charge is 2.19. The van der Waals surface area contributed by atoms with Crippen LogP contribution in [0.3, 0.4) is 0 Å². The molecule has 0 amide bonds. The number of benzene rings is 2. The van der Waals surface area contributed by atoms with Crippen molar-refractivity contribution in [1.29, 1.82) is 0 Å². The molecule has 0 saturated carbocycles. The van der Waals surface area contributed by atoms with Gasteiger partial charge in [-0.1, -0.05) is 66.2 Å². The molecule has 0 bridgehead atoms. The molecule has 0 spiro atoms. The number of pyridine rings is 1. The largest absolute Gasteiger partial charge is 0.354 e. The number of rotatable bonds is 6. The van der Waals surface area contributed by atoms with Gasteiger partial charge in [0.25, 0.3) is 0 Å². The molecular weight excluding hydrogens is 442 g/mol. The SMILES string of the molecule is Clc1ccc(-c2cc(N3CCN(C/C=C/c4ccccc4)CC3)nc(-c3cccnc3)n2)cc1. The summed E-state index contributed by atoms with van der Waals surface area (Å²) in [6, 6.07) is 24.2. The molecule has 0 unspecified atom stereocenters. The lowest BCUT2D eigenvalue weighted by Crippen LogP contribution is -2.46. The Hall–Kier alpha value is -3.54. The van der Waals surface area contributed by atoms with Crippen LogP contribution in [0.15, 0.2) is 91.3 Å². The minimum Gasteiger partial charge on any atom is -0.354 e. The number of anilines is 1. The third-order valence-corrected chi connectivity index (χ3v) is 6.19. The summed E-state index contributed by atoms with van der Waals surface area (Å²) < 4.78 is 0. The first-order chi connectivity index (χ1) is 16.7. The van der Waals surface area contributed by atoms with Gasteiger partial charge in [-0.05, 0) is 29.8 Å². The predicted molar refractivity (Wildman–Crippen MR) is 140 cm³/mol. The lowest BCUT2D eigenvalue weighted by molar-refractivity contribution is 0.283. The number of hydrogen-bond donors (Lipinski definition) is 0. The van der Waals surface area contributed by atoms with Gasteiger partial charge in [-0.25, -0.2) is 9.97 Å². The van der Waals surface area contributed by atoms with E-state index in [4.69, 9.17) is 21.6 Å². The Labute approximate surface area is 205 Å². The van der Waals surface area contributed by atoms with Crippen LogP contribution >= 0.6 is 11.6 Å². The summed E-state index contributed by atoms with van der Waals surface area (Å²) in [4.78, 5) is 18.8. The van der Waals surface area contributed by atoms with Crippen LogP contribution in [-0.4, -0.2) is 52.6 Å². The summed E-state index contributed by atoms with van der Waals surface area (Å²) in [6.07, 6.45) is 8.00. The zero-order valence-electron chi connectivity index (χ0n) is 18.9. The fraction of sp³-hybridized carbons (Fsp3) is 0.179. The zero-order chi connectivity index (χ0) is 23.2. The number of halogens is 1.